The van der Waals surface area contributed by atoms with E-state index in [1.807, 2.05) is 24.3 Å². The highest BCUT2D eigenvalue weighted by Gasteiger charge is 2.13. The smallest absolute Gasteiger partial charge is 0.200 e. The Morgan fingerprint density at radius 2 is 1.83 bits per heavy atom. The molecule has 0 aliphatic rings. The summed E-state index contributed by atoms with van der Waals surface area (Å²) in [4.78, 5) is 4.46. The lowest BCUT2D eigenvalue weighted by Gasteiger charge is -2.08. The molecule has 1 N–H and O–H groups in total. The first-order chi connectivity index (χ1) is 11.6. The van der Waals surface area contributed by atoms with E-state index in [-0.39, 0.29) is 5.88 Å². The van der Waals surface area contributed by atoms with Crippen molar-refractivity contribution in [3.05, 3.63) is 47.0 Å². The highest BCUT2D eigenvalue weighted by atomic mass is 35.5. The van der Waals surface area contributed by atoms with Crippen molar-refractivity contribution >= 4 is 34.4 Å². The molecule has 3 aromatic rings. The third-order valence-electron chi connectivity index (χ3n) is 3.90. The molecular formula is C18H17ClN2O3. The van der Waals surface area contributed by atoms with Crippen LogP contribution < -0.4 is 9.47 Å². The van der Waals surface area contributed by atoms with Crippen molar-refractivity contribution in [3.8, 4) is 17.4 Å². The van der Waals surface area contributed by atoms with Crippen LogP contribution in [0.3, 0.4) is 0 Å². The monoisotopic (exact) mass is 344 g/mol. The van der Waals surface area contributed by atoms with Crippen LogP contribution >= 0.6 is 11.6 Å². The Morgan fingerprint density at radius 1 is 1.12 bits per heavy atom. The Morgan fingerprint density at radius 3 is 2.54 bits per heavy atom. The van der Waals surface area contributed by atoms with Crippen LogP contribution in [0.2, 0.25) is 5.02 Å². The molecule has 3 rings (SSSR count). The van der Waals surface area contributed by atoms with E-state index in [0.717, 1.165) is 10.9 Å². The molecule has 1 aromatic heterocycles. The summed E-state index contributed by atoms with van der Waals surface area (Å²) in [5, 5.41) is 11.7. The van der Waals surface area contributed by atoms with Gasteiger partial charge < -0.3 is 19.1 Å². The van der Waals surface area contributed by atoms with E-state index in [1.165, 1.54) is 7.11 Å². The zero-order chi connectivity index (χ0) is 17.3. The van der Waals surface area contributed by atoms with Crippen molar-refractivity contribution in [3.63, 3.8) is 0 Å². The van der Waals surface area contributed by atoms with E-state index in [9.17, 15) is 5.11 Å². The molecule has 1 heterocycles. The van der Waals surface area contributed by atoms with Gasteiger partial charge in [-0.1, -0.05) is 29.8 Å². The second kappa shape index (κ2) is 6.45. The molecule has 124 valence electrons. The van der Waals surface area contributed by atoms with Gasteiger partial charge in [-0.05, 0) is 6.07 Å². The Bertz CT molecular complexity index is 932. The van der Waals surface area contributed by atoms with E-state index in [4.69, 9.17) is 21.1 Å². The van der Waals surface area contributed by atoms with Gasteiger partial charge in [-0.15, -0.1) is 0 Å². The van der Waals surface area contributed by atoms with Gasteiger partial charge in [0, 0.05) is 30.8 Å². The van der Waals surface area contributed by atoms with Gasteiger partial charge in [0.2, 0.25) is 5.88 Å². The molecule has 0 aliphatic carbocycles. The second-order valence-corrected chi connectivity index (χ2v) is 5.64. The predicted octanol–water partition coefficient (Wildman–Crippen LogP) is 4.31. The molecule has 0 fully saturated rings. The maximum absolute atomic E-state index is 10.4. The fourth-order valence-corrected chi connectivity index (χ4v) is 2.85. The van der Waals surface area contributed by atoms with Gasteiger partial charge in [0.05, 0.1) is 30.3 Å². The van der Waals surface area contributed by atoms with Gasteiger partial charge in [-0.3, -0.25) is 4.99 Å². The normalized spacial score (nSPS) is 11.3. The van der Waals surface area contributed by atoms with Crippen LogP contribution in [0.1, 0.15) is 5.56 Å². The van der Waals surface area contributed by atoms with Gasteiger partial charge in [0.25, 0.3) is 0 Å². The number of aromatic hydroxyl groups is 1. The first-order valence-electron chi connectivity index (χ1n) is 7.28. The highest BCUT2D eigenvalue weighted by Crippen LogP contribution is 2.38. The average Bonchev–Trinajstić information content (AvgIpc) is 2.85. The molecule has 0 radical (unpaired) electrons. The number of hydrogen-bond donors (Lipinski definition) is 1. The van der Waals surface area contributed by atoms with Gasteiger partial charge >= 0.3 is 0 Å². The lowest BCUT2D eigenvalue weighted by atomic mass is 10.2. The summed E-state index contributed by atoms with van der Waals surface area (Å²) < 4.78 is 12.3. The van der Waals surface area contributed by atoms with Crippen LogP contribution in [-0.4, -0.2) is 30.1 Å². The maximum atomic E-state index is 10.4. The lowest BCUT2D eigenvalue weighted by molar-refractivity contribution is 0.404. The molecule has 6 heteroatoms. The fourth-order valence-electron chi connectivity index (χ4n) is 2.62. The van der Waals surface area contributed by atoms with E-state index < -0.39 is 0 Å². The van der Waals surface area contributed by atoms with E-state index in [2.05, 4.69) is 4.99 Å². The molecule has 0 aliphatic heterocycles. The van der Waals surface area contributed by atoms with Gasteiger partial charge in [-0.25, -0.2) is 0 Å². The minimum absolute atomic E-state index is 0.153. The summed E-state index contributed by atoms with van der Waals surface area (Å²) in [5.74, 6) is 1.18. The summed E-state index contributed by atoms with van der Waals surface area (Å²) in [6.07, 6.45) is 1.61. The van der Waals surface area contributed by atoms with Crippen molar-refractivity contribution < 1.29 is 14.6 Å². The third-order valence-corrected chi connectivity index (χ3v) is 4.20. The van der Waals surface area contributed by atoms with E-state index in [1.54, 1.807) is 37.1 Å². The number of methoxy groups -OCH3 is 2. The fraction of sp³-hybridized carbons (Fsp3) is 0.167. The van der Waals surface area contributed by atoms with Crippen LogP contribution in [0.15, 0.2) is 41.4 Å². The number of halogens is 1. The number of hydrogen-bond acceptors (Lipinski definition) is 4. The van der Waals surface area contributed by atoms with Crippen molar-refractivity contribution in [2.75, 3.05) is 14.2 Å². The Hall–Kier alpha value is -2.66. The number of aliphatic imine (C=N–C) groups is 1. The molecule has 0 saturated carbocycles. The van der Waals surface area contributed by atoms with Gasteiger partial charge in [0.1, 0.15) is 17.2 Å². The summed E-state index contributed by atoms with van der Waals surface area (Å²) in [6, 6.07) is 11.1. The summed E-state index contributed by atoms with van der Waals surface area (Å²) >= 11 is 6.10. The standard InChI is InChI=1S/C18H17ClN2O3/c1-21-15-7-5-4-6-11(15)12(18(21)22)10-20-14-9-16(23-2)13(19)8-17(14)24-3/h4-10,22H,1-3H3. The number of aromatic nitrogens is 1. The minimum atomic E-state index is 0.153. The number of benzene rings is 2. The third kappa shape index (κ3) is 2.67. The molecule has 0 unspecified atom stereocenters. The summed E-state index contributed by atoms with van der Waals surface area (Å²) in [6.45, 7) is 0. The Kier molecular flexibility index (Phi) is 4.36. The van der Waals surface area contributed by atoms with Crippen molar-refractivity contribution in [1.82, 2.24) is 4.57 Å². The summed E-state index contributed by atoms with van der Waals surface area (Å²) in [7, 11) is 4.89. The van der Waals surface area contributed by atoms with Crippen molar-refractivity contribution in [1.29, 1.82) is 0 Å². The molecule has 24 heavy (non-hydrogen) atoms. The van der Waals surface area contributed by atoms with Gasteiger partial charge in [0.15, 0.2) is 0 Å². The molecule has 0 atom stereocenters. The molecule has 0 spiro atoms. The van der Waals surface area contributed by atoms with Crippen molar-refractivity contribution in [2.45, 2.75) is 0 Å². The highest BCUT2D eigenvalue weighted by molar-refractivity contribution is 6.32. The van der Waals surface area contributed by atoms with Gasteiger partial charge in [-0.2, -0.15) is 0 Å². The van der Waals surface area contributed by atoms with Crippen LogP contribution in [0.5, 0.6) is 17.4 Å². The second-order valence-electron chi connectivity index (χ2n) is 5.23. The van der Waals surface area contributed by atoms with E-state index in [0.29, 0.717) is 27.8 Å². The number of nitrogens with zero attached hydrogens (tertiary/aromatic N) is 2. The zero-order valence-electron chi connectivity index (χ0n) is 13.6. The maximum Gasteiger partial charge on any atom is 0.200 e. The number of aryl methyl sites for hydroxylation is 1. The van der Waals surface area contributed by atoms with E-state index >= 15 is 0 Å². The van der Waals surface area contributed by atoms with Crippen molar-refractivity contribution in [2.24, 2.45) is 12.0 Å². The first kappa shape index (κ1) is 16.2. The SMILES string of the molecule is COc1cc(N=Cc2c(O)n(C)c3ccccc23)c(OC)cc1Cl. The molecule has 5 nitrogen and oxygen atoms in total. The first-order valence-corrected chi connectivity index (χ1v) is 7.66. The predicted molar refractivity (Wildman–Crippen MR) is 96.4 cm³/mol. The van der Waals surface area contributed by atoms with Crippen LogP contribution in [-0.2, 0) is 7.05 Å². The molecule has 0 saturated heterocycles. The number of fused-ring (bicyclic) bond motifs is 1. The quantitative estimate of drug-likeness (QED) is 0.718. The summed E-state index contributed by atoms with van der Waals surface area (Å²) in [5.41, 5.74) is 2.13. The Balaban J connectivity index is 2.11. The van der Waals surface area contributed by atoms with Crippen LogP contribution in [0, 0.1) is 0 Å². The molecule has 0 bridgehead atoms. The minimum Gasteiger partial charge on any atom is -0.495 e. The average molecular weight is 345 g/mol. The number of ether oxygens (including phenoxy) is 2. The molecule has 0 amide bonds. The topological polar surface area (TPSA) is 56.0 Å². The Labute approximate surface area is 144 Å². The number of rotatable bonds is 4. The largest absolute Gasteiger partial charge is 0.495 e. The molecule has 2 aromatic carbocycles. The van der Waals surface area contributed by atoms with Crippen LogP contribution in [0.4, 0.5) is 5.69 Å². The van der Waals surface area contributed by atoms with Crippen LogP contribution in [0.25, 0.3) is 10.9 Å². The molecular weight excluding hydrogens is 328 g/mol. The zero-order valence-corrected chi connectivity index (χ0v) is 14.3. The lowest BCUT2D eigenvalue weighted by Crippen LogP contribution is -1.89. The number of para-hydroxylation sites is 1.